The second-order valence-corrected chi connectivity index (χ2v) is 7.32. The lowest BCUT2D eigenvalue weighted by Gasteiger charge is -2.36. The normalized spacial score (nSPS) is 29.2. The van der Waals surface area contributed by atoms with Gasteiger partial charge in [-0.25, -0.2) is 0 Å². The summed E-state index contributed by atoms with van der Waals surface area (Å²) in [6.45, 7) is 4.99. The summed E-state index contributed by atoms with van der Waals surface area (Å²) in [6.07, 6.45) is 7.58. The van der Waals surface area contributed by atoms with Gasteiger partial charge in [0.25, 0.3) is 5.91 Å². The molecule has 128 valence electrons. The van der Waals surface area contributed by atoms with Crippen molar-refractivity contribution in [3.05, 3.63) is 42.5 Å². The summed E-state index contributed by atoms with van der Waals surface area (Å²) in [5.74, 6) is 3.35. The average molecular weight is 326 g/mol. The highest BCUT2D eigenvalue weighted by atomic mass is 16.5. The van der Waals surface area contributed by atoms with Gasteiger partial charge in [0.05, 0.1) is 0 Å². The lowest BCUT2D eigenvalue weighted by Crippen LogP contribution is -2.51. The first-order valence-corrected chi connectivity index (χ1v) is 9.14. The molecule has 0 aromatic heterocycles. The van der Waals surface area contributed by atoms with E-state index >= 15 is 0 Å². The van der Waals surface area contributed by atoms with Crippen molar-refractivity contribution in [3.63, 3.8) is 0 Å². The number of hydrogen-bond donors (Lipinski definition) is 0. The molecule has 1 saturated carbocycles. The van der Waals surface area contributed by atoms with E-state index in [1.54, 1.807) is 0 Å². The molecule has 0 N–H and O–H groups in total. The number of ether oxygens (including phenoxy) is 1. The van der Waals surface area contributed by atoms with Gasteiger partial charge in [0.1, 0.15) is 5.75 Å². The zero-order chi connectivity index (χ0) is 16.4. The number of piperazine rings is 1. The average Bonchev–Trinajstić information content (AvgIpc) is 3.24. The van der Waals surface area contributed by atoms with E-state index in [-0.39, 0.29) is 12.5 Å². The highest BCUT2D eigenvalue weighted by molar-refractivity contribution is 5.77. The summed E-state index contributed by atoms with van der Waals surface area (Å²) < 4.78 is 5.58. The van der Waals surface area contributed by atoms with E-state index in [0.717, 1.165) is 49.7 Å². The third-order valence-electron chi connectivity index (χ3n) is 5.74. The standard InChI is InChI=1S/C20H26N2O2/c23-20(15-24-19-4-2-1-3-5-19)22-10-8-21(9-11-22)14-18-13-16-6-7-17(18)12-16/h1-7,16-18H,8-15H2/t16-,17+,18-/m1/s1. The molecule has 3 atom stereocenters. The van der Waals surface area contributed by atoms with Crippen LogP contribution in [0.4, 0.5) is 0 Å². The fourth-order valence-electron chi connectivity index (χ4n) is 4.37. The van der Waals surface area contributed by atoms with Crippen LogP contribution in [0.15, 0.2) is 42.5 Å². The first-order valence-electron chi connectivity index (χ1n) is 9.14. The minimum atomic E-state index is 0.0985. The number of allylic oxidation sites excluding steroid dienone is 2. The Labute approximate surface area is 144 Å². The smallest absolute Gasteiger partial charge is 0.260 e. The van der Waals surface area contributed by atoms with E-state index < -0.39 is 0 Å². The van der Waals surface area contributed by atoms with E-state index in [2.05, 4.69) is 17.1 Å². The molecular formula is C20H26N2O2. The Morgan fingerprint density at radius 3 is 2.50 bits per heavy atom. The van der Waals surface area contributed by atoms with Crippen LogP contribution in [0.25, 0.3) is 0 Å². The number of benzene rings is 1. The molecule has 0 unspecified atom stereocenters. The molecule has 1 heterocycles. The molecule has 2 bridgehead atoms. The molecule has 1 amide bonds. The molecule has 1 saturated heterocycles. The van der Waals surface area contributed by atoms with E-state index in [9.17, 15) is 4.79 Å². The Kier molecular flexibility index (Phi) is 4.56. The Hall–Kier alpha value is -1.81. The molecule has 1 aromatic rings. The molecular weight excluding hydrogens is 300 g/mol. The summed E-state index contributed by atoms with van der Waals surface area (Å²) >= 11 is 0. The number of hydrogen-bond acceptors (Lipinski definition) is 3. The van der Waals surface area contributed by atoms with E-state index in [4.69, 9.17) is 4.74 Å². The van der Waals surface area contributed by atoms with Crippen LogP contribution in [0.1, 0.15) is 12.8 Å². The van der Waals surface area contributed by atoms with Gasteiger partial charge < -0.3 is 9.64 Å². The van der Waals surface area contributed by atoms with Gasteiger partial charge in [-0.15, -0.1) is 0 Å². The minimum Gasteiger partial charge on any atom is -0.484 e. The summed E-state index contributed by atoms with van der Waals surface area (Å²) in [7, 11) is 0. The lowest BCUT2D eigenvalue weighted by molar-refractivity contribution is -0.135. The van der Waals surface area contributed by atoms with Gasteiger partial charge in [0.2, 0.25) is 0 Å². The zero-order valence-corrected chi connectivity index (χ0v) is 14.1. The second-order valence-electron chi connectivity index (χ2n) is 7.32. The Bertz CT molecular complexity index is 593. The predicted octanol–water partition coefficient (Wildman–Crippen LogP) is 2.42. The summed E-state index contributed by atoms with van der Waals surface area (Å²) in [6, 6.07) is 9.55. The van der Waals surface area contributed by atoms with Crippen LogP contribution in [0, 0.1) is 17.8 Å². The molecule has 4 rings (SSSR count). The van der Waals surface area contributed by atoms with E-state index in [0.29, 0.717) is 0 Å². The van der Waals surface area contributed by atoms with Gasteiger partial charge in [-0.05, 0) is 42.7 Å². The maximum absolute atomic E-state index is 12.3. The number of rotatable bonds is 5. The Morgan fingerprint density at radius 2 is 1.83 bits per heavy atom. The molecule has 0 radical (unpaired) electrons. The highest BCUT2D eigenvalue weighted by Gasteiger charge is 2.36. The number of fused-ring (bicyclic) bond motifs is 2. The Morgan fingerprint density at radius 1 is 1.04 bits per heavy atom. The predicted molar refractivity (Wildman–Crippen MR) is 93.8 cm³/mol. The molecule has 4 nitrogen and oxygen atoms in total. The first kappa shape index (κ1) is 15.7. The molecule has 3 aliphatic rings. The van der Waals surface area contributed by atoms with Crippen LogP contribution in [-0.2, 0) is 4.79 Å². The largest absolute Gasteiger partial charge is 0.484 e. The SMILES string of the molecule is O=C(COc1ccccc1)N1CCN(C[C@H]2C[C@@H]3C=C[C@H]2C3)CC1. The quantitative estimate of drug-likeness (QED) is 0.779. The van der Waals surface area contributed by atoms with Crippen LogP contribution in [-0.4, -0.2) is 55.0 Å². The van der Waals surface area contributed by atoms with Crippen LogP contribution >= 0.6 is 0 Å². The fraction of sp³-hybridized carbons (Fsp3) is 0.550. The van der Waals surface area contributed by atoms with Gasteiger partial charge in [-0.2, -0.15) is 0 Å². The molecule has 0 spiro atoms. The van der Waals surface area contributed by atoms with Crippen molar-refractivity contribution in [3.8, 4) is 5.75 Å². The van der Waals surface area contributed by atoms with Crippen LogP contribution < -0.4 is 4.74 Å². The summed E-state index contributed by atoms with van der Waals surface area (Å²) in [4.78, 5) is 16.8. The number of para-hydroxylation sites is 1. The molecule has 2 aliphatic carbocycles. The number of amides is 1. The van der Waals surface area contributed by atoms with E-state index in [1.807, 2.05) is 35.2 Å². The topological polar surface area (TPSA) is 32.8 Å². The highest BCUT2D eigenvalue weighted by Crippen LogP contribution is 2.43. The molecule has 4 heteroatoms. The first-order chi connectivity index (χ1) is 11.8. The van der Waals surface area contributed by atoms with Crippen molar-refractivity contribution >= 4 is 5.91 Å². The van der Waals surface area contributed by atoms with Crippen molar-refractivity contribution in [2.24, 2.45) is 17.8 Å². The number of carbonyl (C=O) groups is 1. The van der Waals surface area contributed by atoms with Gasteiger partial charge in [-0.3, -0.25) is 9.69 Å². The molecule has 24 heavy (non-hydrogen) atoms. The monoisotopic (exact) mass is 326 g/mol. The van der Waals surface area contributed by atoms with Crippen molar-refractivity contribution in [1.29, 1.82) is 0 Å². The summed E-state index contributed by atoms with van der Waals surface area (Å²) in [5.41, 5.74) is 0. The van der Waals surface area contributed by atoms with Gasteiger partial charge in [0, 0.05) is 32.7 Å². The number of carbonyl (C=O) groups excluding carboxylic acids is 1. The zero-order valence-electron chi connectivity index (χ0n) is 14.1. The van der Waals surface area contributed by atoms with Crippen LogP contribution in [0.3, 0.4) is 0 Å². The van der Waals surface area contributed by atoms with Gasteiger partial charge in [-0.1, -0.05) is 30.4 Å². The molecule has 1 aromatic carbocycles. The van der Waals surface area contributed by atoms with Gasteiger partial charge >= 0.3 is 0 Å². The van der Waals surface area contributed by atoms with Crippen LogP contribution in [0.2, 0.25) is 0 Å². The molecule has 2 fully saturated rings. The maximum atomic E-state index is 12.3. The van der Waals surface area contributed by atoms with E-state index in [1.165, 1.54) is 19.4 Å². The van der Waals surface area contributed by atoms with Crippen LogP contribution in [0.5, 0.6) is 5.75 Å². The maximum Gasteiger partial charge on any atom is 0.260 e. The summed E-state index contributed by atoms with van der Waals surface area (Å²) in [5, 5.41) is 0. The van der Waals surface area contributed by atoms with Crippen molar-refractivity contribution < 1.29 is 9.53 Å². The van der Waals surface area contributed by atoms with Crippen molar-refractivity contribution in [2.75, 3.05) is 39.3 Å². The fourth-order valence-corrected chi connectivity index (χ4v) is 4.37. The lowest BCUT2D eigenvalue weighted by atomic mass is 9.93. The molecule has 1 aliphatic heterocycles. The second kappa shape index (κ2) is 6.98. The minimum absolute atomic E-state index is 0.0985. The van der Waals surface area contributed by atoms with Gasteiger partial charge in [0.15, 0.2) is 6.61 Å². The third kappa shape index (κ3) is 3.48. The van der Waals surface area contributed by atoms with Crippen molar-refractivity contribution in [2.45, 2.75) is 12.8 Å². The van der Waals surface area contributed by atoms with Crippen molar-refractivity contribution in [1.82, 2.24) is 9.80 Å². The number of nitrogens with zero attached hydrogens (tertiary/aromatic N) is 2. The Balaban J connectivity index is 1.20. The third-order valence-corrected chi connectivity index (χ3v) is 5.74.